The van der Waals surface area contributed by atoms with Gasteiger partial charge in [0.2, 0.25) is 0 Å². The Morgan fingerprint density at radius 1 is 1.00 bits per heavy atom. The van der Waals surface area contributed by atoms with E-state index in [1.807, 2.05) is 48.5 Å². The zero-order valence-electron chi connectivity index (χ0n) is 9.40. The molecule has 2 N–H and O–H groups in total. The van der Waals surface area contributed by atoms with Gasteiger partial charge in [0.15, 0.2) is 0 Å². The molecule has 17 heavy (non-hydrogen) atoms. The number of nitrogens with two attached hydrogens (primary N) is 1. The van der Waals surface area contributed by atoms with E-state index in [4.69, 9.17) is 22.1 Å². The quantitative estimate of drug-likeness (QED) is 0.662. The highest BCUT2D eigenvalue weighted by Gasteiger charge is 2.06. The van der Waals surface area contributed by atoms with E-state index < -0.39 is 0 Å². The number of hydrogen-bond acceptors (Lipinski definition) is 2. The topological polar surface area (TPSA) is 35.2 Å². The Morgan fingerprint density at radius 2 is 1.76 bits per heavy atom. The summed E-state index contributed by atoms with van der Waals surface area (Å²) in [6.45, 7) is 0.499. The average molecular weight is 248 g/mol. The number of halogens is 1. The number of rotatable bonds is 4. The van der Waals surface area contributed by atoms with Crippen molar-refractivity contribution in [3.63, 3.8) is 0 Å². The lowest BCUT2D eigenvalue weighted by atomic mass is 10.2. The van der Waals surface area contributed by atoms with Crippen LogP contribution in [-0.4, -0.2) is 0 Å². The molecular formula is C14H14ClNO. The largest absolute Gasteiger partial charge is 0.486 e. The van der Waals surface area contributed by atoms with E-state index in [-0.39, 0.29) is 0 Å². The van der Waals surface area contributed by atoms with Gasteiger partial charge >= 0.3 is 0 Å². The second kappa shape index (κ2) is 5.60. The first-order chi connectivity index (χ1) is 8.31. The van der Waals surface area contributed by atoms with Gasteiger partial charge in [-0.2, -0.15) is 0 Å². The van der Waals surface area contributed by atoms with Crippen LogP contribution in [0.15, 0.2) is 48.5 Å². The first-order valence-electron chi connectivity index (χ1n) is 5.41. The molecule has 0 amide bonds. The number of ether oxygens (including phenoxy) is 1. The van der Waals surface area contributed by atoms with E-state index in [9.17, 15) is 0 Å². The van der Waals surface area contributed by atoms with Crippen molar-refractivity contribution in [1.29, 1.82) is 0 Å². The SMILES string of the molecule is Nc1cccc(CCl)c1OCc1ccccc1. The van der Waals surface area contributed by atoms with Crippen molar-refractivity contribution in [2.24, 2.45) is 0 Å². The van der Waals surface area contributed by atoms with Gasteiger partial charge in [-0.3, -0.25) is 0 Å². The fourth-order valence-electron chi connectivity index (χ4n) is 1.62. The molecule has 3 heteroatoms. The molecule has 0 saturated heterocycles. The summed E-state index contributed by atoms with van der Waals surface area (Å²) in [5.41, 5.74) is 8.53. The third-order valence-electron chi connectivity index (χ3n) is 2.50. The van der Waals surface area contributed by atoms with Crippen LogP contribution in [0.5, 0.6) is 5.75 Å². The summed E-state index contributed by atoms with van der Waals surface area (Å²) < 4.78 is 5.74. The molecule has 0 aliphatic rings. The average Bonchev–Trinajstić information content (AvgIpc) is 2.38. The van der Waals surface area contributed by atoms with Gasteiger partial charge in [-0.15, -0.1) is 11.6 Å². The van der Waals surface area contributed by atoms with Crippen molar-refractivity contribution in [2.75, 3.05) is 5.73 Å². The van der Waals surface area contributed by atoms with Crippen molar-refractivity contribution in [1.82, 2.24) is 0 Å². The molecule has 0 fully saturated rings. The van der Waals surface area contributed by atoms with Crippen LogP contribution in [-0.2, 0) is 12.5 Å². The Balaban J connectivity index is 2.14. The van der Waals surface area contributed by atoms with Gasteiger partial charge in [-0.1, -0.05) is 42.5 Å². The van der Waals surface area contributed by atoms with Crippen LogP contribution in [0.2, 0.25) is 0 Å². The number of benzene rings is 2. The molecule has 88 valence electrons. The van der Waals surface area contributed by atoms with E-state index in [2.05, 4.69) is 0 Å². The molecule has 0 aliphatic heterocycles. The van der Waals surface area contributed by atoms with Crippen molar-refractivity contribution in [3.05, 3.63) is 59.7 Å². The number of hydrogen-bond donors (Lipinski definition) is 1. The third kappa shape index (κ3) is 2.92. The molecule has 0 bridgehead atoms. The number of para-hydroxylation sites is 1. The number of alkyl halides is 1. The van der Waals surface area contributed by atoms with Crippen molar-refractivity contribution >= 4 is 17.3 Å². The van der Waals surface area contributed by atoms with Crippen LogP contribution in [0.3, 0.4) is 0 Å². The summed E-state index contributed by atoms with van der Waals surface area (Å²) in [4.78, 5) is 0. The minimum absolute atomic E-state index is 0.398. The summed E-state index contributed by atoms with van der Waals surface area (Å²) in [6.07, 6.45) is 0. The highest BCUT2D eigenvalue weighted by Crippen LogP contribution is 2.28. The van der Waals surface area contributed by atoms with Gasteiger partial charge in [-0.25, -0.2) is 0 Å². The standard InChI is InChI=1S/C14H14ClNO/c15-9-12-7-4-8-13(16)14(12)17-10-11-5-2-1-3-6-11/h1-8H,9-10,16H2. The number of anilines is 1. The highest BCUT2D eigenvalue weighted by molar-refractivity contribution is 6.17. The molecule has 0 aliphatic carbocycles. The Bertz CT molecular complexity index is 485. The third-order valence-corrected chi connectivity index (χ3v) is 2.78. The molecular weight excluding hydrogens is 234 g/mol. The fraction of sp³-hybridized carbons (Fsp3) is 0.143. The van der Waals surface area contributed by atoms with Crippen LogP contribution < -0.4 is 10.5 Å². The summed E-state index contributed by atoms with van der Waals surface area (Å²) in [7, 11) is 0. The lowest BCUT2D eigenvalue weighted by molar-refractivity contribution is 0.305. The lowest BCUT2D eigenvalue weighted by Gasteiger charge is -2.12. The summed E-state index contributed by atoms with van der Waals surface area (Å²) >= 11 is 5.85. The summed E-state index contributed by atoms with van der Waals surface area (Å²) in [5, 5.41) is 0. The zero-order valence-corrected chi connectivity index (χ0v) is 10.2. The van der Waals surface area contributed by atoms with E-state index >= 15 is 0 Å². The van der Waals surface area contributed by atoms with Crippen LogP contribution >= 0.6 is 11.6 Å². The minimum Gasteiger partial charge on any atom is -0.486 e. The van der Waals surface area contributed by atoms with Gasteiger partial charge in [0, 0.05) is 5.56 Å². The summed E-state index contributed by atoms with van der Waals surface area (Å²) in [6, 6.07) is 15.6. The minimum atomic E-state index is 0.398. The monoisotopic (exact) mass is 247 g/mol. The van der Waals surface area contributed by atoms with Crippen LogP contribution in [0.1, 0.15) is 11.1 Å². The predicted octanol–water partition coefficient (Wildman–Crippen LogP) is 3.59. The molecule has 0 saturated carbocycles. The first-order valence-corrected chi connectivity index (χ1v) is 5.95. The van der Waals surface area contributed by atoms with E-state index in [1.54, 1.807) is 0 Å². The lowest BCUT2D eigenvalue weighted by Crippen LogP contribution is -2.01. The molecule has 0 atom stereocenters. The molecule has 2 aromatic rings. The molecule has 2 aromatic carbocycles. The Hall–Kier alpha value is -1.67. The normalized spacial score (nSPS) is 10.2. The van der Waals surface area contributed by atoms with Crippen molar-refractivity contribution in [3.8, 4) is 5.75 Å². The van der Waals surface area contributed by atoms with Crippen molar-refractivity contribution < 1.29 is 4.74 Å². The molecule has 0 aromatic heterocycles. The first kappa shape index (κ1) is 11.8. The second-order valence-corrected chi connectivity index (χ2v) is 4.01. The molecule has 0 unspecified atom stereocenters. The van der Waals surface area contributed by atoms with Crippen molar-refractivity contribution in [2.45, 2.75) is 12.5 Å². The van der Waals surface area contributed by atoms with Crippen LogP contribution in [0, 0.1) is 0 Å². The molecule has 0 spiro atoms. The fourth-order valence-corrected chi connectivity index (χ4v) is 1.83. The zero-order chi connectivity index (χ0) is 12.1. The van der Waals surface area contributed by atoms with Gasteiger partial charge in [-0.05, 0) is 11.6 Å². The molecule has 0 radical (unpaired) electrons. The number of nitrogen functional groups attached to an aromatic ring is 1. The molecule has 2 rings (SSSR count). The second-order valence-electron chi connectivity index (χ2n) is 3.74. The van der Waals surface area contributed by atoms with Gasteiger partial charge < -0.3 is 10.5 Å². The van der Waals surface area contributed by atoms with E-state index in [1.165, 1.54) is 0 Å². The van der Waals surface area contributed by atoms with Crippen LogP contribution in [0.4, 0.5) is 5.69 Å². The maximum absolute atomic E-state index is 5.88. The van der Waals surface area contributed by atoms with Crippen LogP contribution in [0.25, 0.3) is 0 Å². The highest BCUT2D eigenvalue weighted by atomic mass is 35.5. The molecule has 2 nitrogen and oxygen atoms in total. The maximum atomic E-state index is 5.88. The Morgan fingerprint density at radius 3 is 2.47 bits per heavy atom. The van der Waals surface area contributed by atoms with E-state index in [0.717, 1.165) is 11.1 Å². The Labute approximate surface area is 106 Å². The maximum Gasteiger partial charge on any atom is 0.147 e. The van der Waals surface area contributed by atoms with Gasteiger partial charge in [0.1, 0.15) is 12.4 Å². The van der Waals surface area contributed by atoms with E-state index in [0.29, 0.717) is 23.9 Å². The van der Waals surface area contributed by atoms with Gasteiger partial charge in [0.05, 0.1) is 11.6 Å². The van der Waals surface area contributed by atoms with Gasteiger partial charge in [0.25, 0.3) is 0 Å². The molecule has 0 heterocycles. The predicted molar refractivity (Wildman–Crippen MR) is 71.2 cm³/mol. The smallest absolute Gasteiger partial charge is 0.147 e. The Kier molecular flexibility index (Phi) is 3.89. The summed E-state index contributed by atoms with van der Waals surface area (Å²) in [5.74, 6) is 1.08.